The Labute approximate surface area is 98.3 Å². The van der Waals surface area contributed by atoms with Gasteiger partial charge in [0.15, 0.2) is 0 Å². The molecule has 0 aliphatic carbocycles. The highest BCUT2D eigenvalue weighted by atomic mass is 16.5. The third-order valence-corrected chi connectivity index (χ3v) is 2.94. The number of aliphatic hydroxyl groups excluding tert-OH is 1. The van der Waals surface area contributed by atoms with E-state index in [1.54, 1.807) is 14.0 Å². The average Bonchev–Trinajstić information content (AvgIpc) is 2.26. The maximum absolute atomic E-state index is 9.91. The van der Waals surface area contributed by atoms with E-state index in [1.807, 2.05) is 0 Å². The van der Waals surface area contributed by atoms with Crippen molar-refractivity contribution in [2.75, 3.05) is 7.11 Å². The Morgan fingerprint density at radius 2 is 1.88 bits per heavy atom. The molecular weight excluding hydrogens is 200 g/mol. The first kappa shape index (κ1) is 13.0. The predicted octanol–water partition coefficient (Wildman–Crippen LogP) is 3.43. The lowest BCUT2D eigenvalue weighted by molar-refractivity contribution is 0.192. The van der Waals surface area contributed by atoms with Gasteiger partial charge in [0.25, 0.3) is 0 Å². The van der Waals surface area contributed by atoms with E-state index in [-0.39, 0.29) is 0 Å². The van der Waals surface area contributed by atoms with Crippen LogP contribution in [0.1, 0.15) is 56.4 Å². The molecular formula is C14H22O2. The fraction of sp³-hybridized carbons (Fsp3) is 0.571. The van der Waals surface area contributed by atoms with Crippen molar-refractivity contribution in [1.29, 1.82) is 0 Å². The Morgan fingerprint density at radius 3 is 2.25 bits per heavy atom. The van der Waals surface area contributed by atoms with E-state index < -0.39 is 6.10 Å². The highest BCUT2D eigenvalue weighted by Crippen LogP contribution is 2.35. The summed E-state index contributed by atoms with van der Waals surface area (Å²) in [5.41, 5.74) is 3.27. The van der Waals surface area contributed by atoms with Crippen molar-refractivity contribution in [2.45, 2.75) is 46.1 Å². The molecule has 0 fully saturated rings. The molecule has 0 saturated heterocycles. The fourth-order valence-corrected chi connectivity index (χ4v) is 2.11. The lowest BCUT2D eigenvalue weighted by atomic mass is 9.91. The van der Waals surface area contributed by atoms with E-state index in [2.05, 4.69) is 32.9 Å². The van der Waals surface area contributed by atoms with E-state index >= 15 is 0 Å². The number of benzene rings is 1. The zero-order chi connectivity index (χ0) is 12.3. The van der Waals surface area contributed by atoms with E-state index in [0.717, 1.165) is 23.3 Å². The molecule has 0 amide bonds. The summed E-state index contributed by atoms with van der Waals surface area (Å²) in [5, 5.41) is 9.91. The van der Waals surface area contributed by atoms with Crippen LogP contribution < -0.4 is 4.74 Å². The quantitative estimate of drug-likeness (QED) is 0.845. The van der Waals surface area contributed by atoms with E-state index in [0.29, 0.717) is 5.92 Å². The summed E-state index contributed by atoms with van der Waals surface area (Å²) in [5.74, 6) is 1.24. The van der Waals surface area contributed by atoms with Gasteiger partial charge in [-0.15, -0.1) is 0 Å². The smallest absolute Gasteiger partial charge is 0.128 e. The molecule has 0 aliphatic rings. The second kappa shape index (κ2) is 5.35. The largest absolute Gasteiger partial charge is 0.496 e. The first-order chi connectivity index (χ1) is 7.52. The number of aliphatic hydroxyl groups is 1. The maximum atomic E-state index is 9.91. The van der Waals surface area contributed by atoms with Gasteiger partial charge in [-0.3, -0.25) is 0 Å². The van der Waals surface area contributed by atoms with Crippen LogP contribution in [0, 0.1) is 0 Å². The molecule has 0 radical (unpaired) electrons. The summed E-state index contributed by atoms with van der Waals surface area (Å²) in [6.45, 7) is 8.15. The monoisotopic (exact) mass is 222 g/mol. The van der Waals surface area contributed by atoms with Gasteiger partial charge < -0.3 is 9.84 Å². The first-order valence-electron chi connectivity index (χ1n) is 5.90. The van der Waals surface area contributed by atoms with Crippen LogP contribution in [0.2, 0.25) is 0 Å². The van der Waals surface area contributed by atoms with Crippen LogP contribution in [0.4, 0.5) is 0 Å². The van der Waals surface area contributed by atoms with Gasteiger partial charge in [0.1, 0.15) is 5.75 Å². The number of rotatable bonds is 4. The summed E-state index contributed by atoms with van der Waals surface area (Å²) in [6, 6.07) is 4.20. The van der Waals surface area contributed by atoms with Gasteiger partial charge in [-0.1, -0.05) is 32.9 Å². The van der Waals surface area contributed by atoms with Gasteiger partial charge in [-0.2, -0.15) is 0 Å². The van der Waals surface area contributed by atoms with Crippen LogP contribution in [-0.2, 0) is 6.42 Å². The summed E-state index contributed by atoms with van der Waals surface area (Å²) in [4.78, 5) is 0. The van der Waals surface area contributed by atoms with Gasteiger partial charge in [-0.25, -0.2) is 0 Å². The number of hydrogen-bond donors (Lipinski definition) is 1. The molecule has 1 aromatic carbocycles. The predicted molar refractivity (Wildman–Crippen MR) is 67.1 cm³/mol. The Morgan fingerprint density at radius 1 is 1.25 bits per heavy atom. The van der Waals surface area contributed by atoms with E-state index in [9.17, 15) is 5.11 Å². The van der Waals surface area contributed by atoms with Gasteiger partial charge >= 0.3 is 0 Å². The number of ether oxygens (including phenoxy) is 1. The van der Waals surface area contributed by atoms with E-state index in [1.165, 1.54) is 5.56 Å². The van der Waals surface area contributed by atoms with Crippen molar-refractivity contribution in [3.8, 4) is 5.75 Å². The molecule has 0 saturated carbocycles. The highest BCUT2D eigenvalue weighted by Gasteiger charge is 2.18. The fourth-order valence-electron chi connectivity index (χ4n) is 2.11. The zero-order valence-electron chi connectivity index (χ0n) is 10.9. The Bertz CT molecular complexity index is 354. The normalized spacial score (nSPS) is 12.9. The summed E-state index contributed by atoms with van der Waals surface area (Å²) >= 11 is 0. The third-order valence-electron chi connectivity index (χ3n) is 2.94. The molecule has 0 heterocycles. The van der Waals surface area contributed by atoms with Gasteiger partial charge in [0.2, 0.25) is 0 Å². The van der Waals surface area contributed by atoms with Crippen LogP contribution in [-0.4, -0.2) is 12.2 Å². The number of hydrogen-bond acceptors (Lipinski definition) is 2. The van der Waals surface area contributed by atoms with Crippen molar-refractivity contribution in [3.63, 3.8) is 0 Å². The van der Waals surface area contributed by atoms with Crippen LogP contribution >= 0.6 is 0 Å². The van der Waals surface area contributed by atoms with Crippen LogP contribution in [0.5, 0.6) is 5.75 Å². The molecule has 0 aromatic heterocycles. The molecule has 1 atom stereocenters. The summed E-state index contributed by atoms with van der Waals surface area (Å²) in [7, 11) is 1.67. The molecule has 1 unspecified atom stereocenters. The molecule has 2 heteroatoms. The molecule has 0 aliphatic heterocycles. The molecule has 1 N–H and O–H groups in total. The lowest BCUT2D eigenvalue weighted by Crippen LogP contribution is -2.06. The van der Waals surface area contributed by atoms with Crippen LogP contribution in [0.3, 0.4) is 0 Å². The maximum Gasteiger partial charge on any atom is 0.128 e. The van der Waals surface area contributed by atoms with Gasteiger partial charge in [-0.05, 0) is 30.4 Å². The number of aryl methyl sites for hydroxylation is 1. The minimum Gasteiger partial charge on any atom is -0.496 e. The average molecular weight is 222 g/mol. The molecule has 0 bridgehead atoms. The third kappa shape index (κ3) is 2.38. The second-order valence-electron chi connectivity index (χ2n) is 4.45. The lowest BCUT2D eigenvalue weighted by Gasteiger charge is -2.21. The van der Waals surface area contributed by atoms with Gasteiger partial charge in [0, 0.05) is 5.56 Å². The van der Waals surface area contributed by atoms with Gasteiger partial charge in [0.05, 0.1) is 13.2 Å². The second-order valence-corrected chi connectivity index (χ2v) is 4.45. The molecule has 1 rings (SSSR count). The molecule has 2 nitrogen and oxygen atoms in total. The van der Waals surface area contributed by atoms with Crippen molar-refractivity contribution in [3.05, 3.63) is 28.8 Å². The summed E-state index contributed by atoms with van der Waals surface area (Å²) in [6.07, 6.45) is 0.431. The minimum atomic E-state index is -0.487. The number of methoxy groups -OCH3 is 1. The molecule has 90 valence electrons. The molecule has 0 spiro atoms. The molecule has 1 aromatic rings. The molecule has 16 heavy (non-hydrogen) atoms. The standard InChI is InChI=1S/C14H22O2/c1-6-11-7-8-12(9(2)3)13(10(4)15)14(11)16-5/h7-10,15H,6H2,1-5H3. The summed E-state index contributed by atoms with van der Waals surface area (Å²) < 4.78 is 5.46. The van der Waals surface area contributed by atoms with E-state index in [4.69, 9.17) is 4.74 Å². The van der Waals surface area contributed by atoms with Crippen molar-refractivity contribution >= 4 is 0 Å². The SMILES string of the molecule is CCc1ccc(C(C)C)c(C(C)O)c1OC. The topological polar surface area (TPSA) is 29.5 Å². The highest BCUT2D eigenvalue weighted by molar-refractivity contribution is 5.48. The van der Waals surface area contributed by atoms with Crippen LogP contribution in [0.15, 0.2) is 12.1 Å². The zero-order valence-corrected chi connectivity index (χ0v) is 10.9. The van der Waals surface area contributed by atoms with Crippen molar-refractivity contribution < 1.29 is 9.84 Å². The minimum absolute atomic E-state index is 0.393. The van der Waals surface area contributed by atoms with Crippen molar-refractivity contribution in [2.24, 2.45) is 0 Å². The van der Waals surface area contributed by atoms with Crippen molar-refractivity contribution in [1.82, 2.24) is 0 Å². The Kier molecular flexibility index (Phi) is 4.36. The Balaban J connectivity index is 3.44. The van der Waals surface area contributed by atoms with Crippen LogP contribution in [0.25, 0.3) is 0 Å². The Hall–Kier alpha value is -1.02. The first-order valence-corrected chi connectivity index (χ1v) is 5.90.